The van der Waals surface area contributed by atoms with Crippen molar-refractivity contribution in [3.63, 3.8) is 0 Å². The van der Waals surface area contributed by atoms with Gasteiger partial charge in [0, 0.05) is 32.2 Å². The minimum atomic E-state index is -0.458. The summed E-state index contributed by atoms with van der Waals surface area (Å²) in [5, 5.41) is 0. The van der Waals surface area contributed by atoms with Gasteiger partial charge < -0.3 is 20.0 Å². The molecule has 2 rings (SSSR count). The van der Waals surface area contributed by atoms with E-state index in [4.69, 9.17) is 10.2 Å². The summed E-state index contributed by atoms with van der Waals surface area (Å²) in [6.07, 6.45) is 1.20. The van der Waals surface area contributed by atoms with Crippen LogP contribution in [-0.4, -0.2) is 55.0 Å². The smallest absolute Gasteiger partial charge is 0.335 e. The van der Waals surface area contributed by atoms with E-state index in [1.165, 1.54) is 18.4 Å². The lowest BCUT2D eigenvalue weighted by Gasteiger charge is -2.39. The number of carbonyl (C=O) groups excluding carboxylic acids is 1. The largest absolute Gasteiger partial charge is 0.430 e. The Bertz CT molecular complexity index is 465. The van der Waals surface area contributed by atoms with Gasteiger partial charge in [-0.1, -0.05) is 0 Å². The number of likely N-dealkylation sites (N-methyl/N-ethyl adjacent to an activating group) is 1. The molecular formula is C12H17N3O3. The van der Waals surface area contributed by atoms with Crippen LogP contribution in [0.3, 0.4) is 0 Å². The van der Waals surface area contributed by atoms with Gasteiger partial charge in [0.25, 0.3) is 5.91 Å². The standard InChI is InChI=1S/C12H17N3O3/c1-14-4-5-15(10(6-13)7-14)12(17)9-2-3-11(16)18-8-9/h2-3,8,10H,4-7,13H2,1H3. The van der Waals surface area contributed by atoms with Crippen LogP contribution in [0.5, 0.6) is 0 Å². The van der Waals surface area contributed by atoms with Crippen LogP contribution >= 0.6 is 0 Å². The molecule has 1 aromatic rings. The highest BCUT2D eigenvalue weighted by Crippen LogP contribution is 2.12. The van der Waals surface area contributed by atoms with Crippen LogP contribution in [0.2, 0.25) is 0 Å². The van der Waals surface area contributed by atoms with E-state index in [1.54, 1.807) is 4.90 Å². The predicted octanol–water partition coefficient (Wildman–Crippen LogP) is -0.645. The minimum absolute atomic E-state index is 0.00294. The first-order valence-corrected chi connectivity index (χ1v) is 5.90. The summed E-state index contributed by atoms with van der Waals surface area (Å²) in [4.78, 5) is 27.0. The summed E-state index contributed by atoms with van der Waals surface area (Å²) in [5.41, 5.74) is 5.63. The SMILES string of the molecule is CN1CCN(C(=O)c2ccc(=O)oc2)C(CN)C1. The van der Waals surface area contributed by atoms with Crippen LogP contribution in [0.1, 0.15) is 10.4 Å². The number of amides is 1. The molecule has 1 unspecified atom stereocenters. The summed E-state index contributed by atoms with van der Waals surface area (Å²) >= 11 is 0. The molecule has 1 amide bonds. The van der Waals surface area contributed by atoms with E-state index in [0.29, 0.717) is 18.7 Å². The molecule has 2 heterocycles. The van der Waals surface area contributed by atoms with Crippen molar-refractivity contribution in [2.45, 2.75) is 6.04 Å². The number of hydrogen-bond acceptors (Lipinski definition) is 5. The second kappa shape index (κ2) is 5.32. The van der Waals surface area contributed by atoms with E-state index >= 15 is 0 Å². The van der Waals surface area contributed by atoms with Gasteiger partial charge >= 0.3 is 5.63 Å². The highest BCUT2D eigenvalue weighted by atomic mass is 16.4. The number of nitrogens with two attached hydrogens (primary N) is 1. The second-order valence-corrected chi connectivity index (χ2v) is 4.49. The van der Waals surface area contributed by atoms with E-state index in [2.05, 4.69) is 4.90 Å². The predicted molar refractivity (Wildman–Crippen MR) is 66.4 cm³/mol. The molecule has 6 heteroatoms. The normalized spacial score (nSPS) is 21.0. The van der Waals surface area contributed by atoms with Crippen molar-refractivity contribution in [1.82, 2.24) is 9.80 Å². The number of rotatable bonds is 2. The third kappa shape index (κ3) is 2.60. The van der Waals surface area contributed by atoms with Gasteiger partial charge in [-0.2, -0.15) is 0 Å². The van der Waals surface area contributed by atoms with Gasteiger partial charge in [0.05, 0.1) is 11.6 Å². The van der Waals surface area contributed by atoms with Crippen LogP contribution < -0.4 is 11.4 Å². The zero-order valence-corrected chi connectivity index (χ0v) is 10.3. The molecule has 1 atom stereocenters. The van der Waals surface area contributed by atoms with Gasteiger partial charge in [0.15, 0.2) is 0 Å². The Kier molecular flexibility index (Phi) is 3.78. The van der Waals surface area contributed by atoms with Gasteiger partial charge in [0.1, 0.15) is 6.26 Å². The molecule has 0 aromatic carbocycles. The second-order valence-electron chi connectivity index (χ2n) is 4.49. The zero-order chi connectivity index (χ0) is 13.1. The molecule has 0 bridgehead atoms. The van der Waals surface area contributed by atoms with Crippen molar-refractivity contribution in [1.29, 1.82) is 0 Å². The Morgan fingerprint density at radius 3 is 2.89 bits per heavy atom. The van der Waals surface area contributed by atoms with Crippen molar-refractivity contribution in [3.05, 3.63) is 34.4 Å². The Hall–Kier alpha value is -1.66. The van der Waals surface area contributed by atoms with Gasteiger partial charge in [-0.25, -0.2) is 4.79 Å². The molecule has 6 nitrogen and oxygen atoms in total. The fraction of sp³-hybridized carbons (Fsp3) is 0.500. The van der Waals surface area contributed by atoms with Crippen molar-refractivity contribution in [3.8, 4) is 0 Å². The molecule has 0 radical (unpaired) electrons. The van der Waals surface area contributed by atoms with Crippen LogP contribution in [0, 0.1) is 0 Å². The summed E-state index contributed by atoms with van der Waals surface area (Å²) in [5.74, 6) is -0.137. The molecular weight excluding hydrogens is 234 g/mol. The third-order valence-corrected chi connectivity index (χ3v) is 3.17. The Labute approximate surface area is 105 Å². The van der Waals surface area contributed by atoms with E-state index in [9.17, 15) is 9.59 Å². The summed E-state index contributed by atoms with van der Waals surface area (Å²) in [7, 11) is 2.01. The molecule has 0 aliphatic carbocycles. The maximum Gasteiger partial charge on any atom is 0.335 e. The zero-order valence-electron chi connectivity index (χ0n) is 10.3. The quantitative estimate of drug-likeness (QED) is 0.756. The molecule has 1 aliphatic rings. The van der Waals surface area contributed by atoms with Gasteiger partial charge in [-0.15, -0.1) is 0 Å². The van der Waals surface area contributed by atoms with Gasteiger partial charge in [0.2, 0.25) is 0 Å². The average Bonchev–Trinajstić information content (AvgIpc) is 2.38. The third-order valence-electron chi connectivity index (χ3n) is 3.17. The maximum atomic E-state index is 12.3. The van der Waals surface area contributed by atoms with Crippen molar-refractivity contribution < 1.29 is 9.21 Å². The van der Waals surface area contributed by atoms with E-state index in [-0.39, 0.29) is 11.9 Å². The average molecular weight is 251 g/mol. The lowest BCUT2D eigenvalue weighted by Crippen LogP contribution is -2.56. The summed E-state index contributed by atoms with van der Waals surface area (Å²) in [6.45, 7) is 2.64. The summed E-state index contributed by atoms with van der Waals surface area (Å²) in [6, 6.07) is 2.74. The molecule has 18 heavy (non-hydrogen) atoms. The number of piperazine rings is 1. The van der Waals surface area contributed by atoms with Crippen molar-refractivity contribution in [2.24, 2.45) is 5.73 Å². The lowest BCUT2D eigenvalue weighted by molar-refractivity contribution is 0.0513. The first-order chi connectivity index (χ1) is 8.61. The molecule has 1 aliphatic heterocycles. The van der Waals surface area contributed by atoms with Crippen molar-refractivity contribution in [2.75, 3.05) is 33.2 Å². The van der Waals surface area contributed by atoms with Crippen LogP contribution in [0.15, 0.2) is 27.6 Å². The topological polar surface area (TPSA) is 79.8 Å². The Morgan fingerprint density at radius 2 is 2.28 bits per heavy atom. The molecule has 1 fully saturated rings. The number of nitrogens with zero attached hydrogens (tertiary/aromatic N) is 2. The molecule has 1 aromatic heterocycles. The molecule has 98 valence electrons. The fourth-order valence-electron chi connectivity index (χ4n) is 2.13. The van der Waals surface area contributed by atoms with Crippen LogP contribution in [0.25, 0.3) is 0 Å². The van der Waals surface area contributed by atoms with E-state index < -0.39 is 5.63 Å². The first-order valence-electron chi connectivity index (χ1n) is 5.90. The first kappa shape index (κ1) is 12.8. The molecule has 0 saturated carbocycles. The highest BCUT2D eigenvalue weighted by Gasteiger charge is 2.28. The molecule has 2 N–H and O–H groups in total. The van der Waals surface area contributed by atoms with E-state index in [0.717, 1.165) is 13.1 Å². The Balaban J connectivity index is 2.17. The van der Waals surface area contributed by atoms with Crippen LogP contribution in [0.4, 0.5) is 0 Å². The van der Waals surface area contributed by atoms with Crippen LogP contribution in [-0.2, 0) is 0 Å². The van der Waals surface area contributed by atoms with Gasteiger partial charge in [-0.3, -0.25) is 4.79 Å². The molecule has 1 saturated heterocycles. The van der Waals surface area contributed by atoms with Crippen molar-refractivity contribution >= 4 is 5.91 Å². The highest BCUT2D eigenvalue weighted by molar-refractivity contribution is 5.94. The molecule has 0 spiro atoms. The lowest BCUT2D eigenvalue weighted by atomic mass is 10.1. The van der Waals surface area contributed by atoms with E-state index in [1.807, 2.05) is 7.05 Å². The monoisotopic (exact) mass is 251 g/mol. The number of hydrogen-bond donors (Lipinski definition) is 1. The maximum absolute atomic E-state index is 12.3. The Morgan fingerprint density at radius 1 is 1.50 bits per heavy atom. The summed E-state index contributed by atoms with van der Waals surface area (Å²) < 4.78 is 4.72. The van der Waals surface area contributed by atoms with Gasteiger partial charge in [-0.05, 0) is 13.1 Å². The minimum Gasteiger partial charge on any atom is -0.430 e. The number of carbonyl (C=O) groups is 1. The fourth-order valence-corrected chi connectivity index (χ4v) is 2.13.